The van der Waals surface area contributed by atoms with E-state index >= 15 is 0 Å². The maximum atomic E-state index is 12.2. The largest absolute Gasteiger partial charge is 0.377 e. The highest BCUT2D eigenvalue weighted by atomic mass is 32.2. The van der Waals surface area contributed by atoms with Crippen molar-refractivity contribution in [1.29, 1.82) is 0 Å². The lowest BCUT2D eigenvalue weighted by Gasteiger charge is -2.32. The van der Waals surface area contributed by atoms with Crippen LogP contribution in [0, 0.1) is 0 Å². The maximum absolute atomic E-state index is 12.2. The molecule has 0 aromatic heterocycles. The van der Waals surface area contributed by atoms with E-state index in [9.17, 15) is 13.2 Å². The van der Waals surface area contributed by atoms with Gasteiger partial charge in [0.1, 0.15) is 0 Å². The Bertz CT molecular complexity index is 613. The first-order valence-electron chi connectivity index (χ1n) is 7.20. The quantitative estimate of drug-likeness (QED) is 0.872. The molecule has 22 heavy (non-hydrogen) atoms. The third-order valence-corrected chi connectivity index (χ3v) is 4.43. The molecule has 122 valence electrons. The molecule has 1 aromatic rings. The minimum absolute atomic E-state index is 0.0138. The number of likely N-dealkylation sites (tertiary alicyclic amines) is 1. The van der Waals surface area contributed by atoms with Gasteiger partial charge in [0.25, 0.3) is 0 Å². The Balaban J connectivity index is 1.96. The second-order valence-corrected chi connectivity index (χ2v) is 6.73. The highest BCUT2D eigenvalue weighted by Gasteiger charge is 2.23. The summed E-state index contributed by atoms with van der Waals surface area (Å²) in [5.41, 5.74) is 0.524. The molecule has 0 radical (unpaired) electrons. The molecule has 8 heteroatoms. The van der Waals surface area contributed by atoms with Crippen LogP contribution in [0.3, 0.4) is 0 Å². The summed E-state index contributed by atoms with van der Waals surface area (Å²) in [4.78, 5) is 13.9. The molecule has 2 amide bonds. The lowest BCUT2D eigenvalue weighted by Crippen LogP contribution is -2.45. The number of piperidine rings is 1. The van der Waals surface area contributed by atoms with Gasteiger partial charge in [-0.15, -0.1) is 0 Å². The predicted molar refractivity (Wildman–Crippen MR) is 83.1 cm³/mol. The van der Waals surface area contributed by atoms with Gasteiger partial charge < -0.3 is 15.0 Å². The molecular formula is C14H21N3O4S. The van der Waals surface area contributed by atoms with Crippen LogP contribution in [0.1, 0.15) is 19.8 Å². The van der Waals surface area contributed by atoms with Crippen LogP contribution in [-0.4, -0.2) is 45.1 Å². The van der Waals surface area contributed by atoms with Gasteiger partial charge in [-0.25, -0.2) is 18.4 Å². The van der Waals surface area contributed by atoms with Crippen molar-refractivity contribution < 1.29 is 17.9 Å². The van der Waals surface area contributed by atoms with Crippen LogP contribution in [0.2, 0.25) is 0 Å². The standard InChI is InChI=1S/C14H21N3O4S/c1-2-21-12-4-3-9-17(10-12)14(18)16-11-5-7-13(8-6-11)22(15,19)20/h5-8,12H,2-4,9-10H2,1H3,(H,16,18)(H2,15,19,20). The number of nitrogens with zero attached hydrogens (tertiary/aromatic N) is 1. The number of hydrogen-bond donors (Lipinski definition) is 2. The van der Waals surface area contributed by atoms with Gasteiger partial charge in [0, 0.05) is 25.4 Å². The number of carbonyl (C=O) groups is 1. The fourth-order valence-corrected chi connectivity index (χ4v) is 2.94. The van der Waals surface area contributed by atoms with Crippen molar-refractivity contribution in [3.05, 3.63) is 24.3 Å². The van der Waals surface area contributed by atoms with E-state index in [1.54, 1.807) is 4.90 Å². The number of benzene rings is 1. The minimum Gasteiger partial charge on any atom is -0.377 e. The van der Waals surface area contributed by atoms with E-state index < -0.39 is 10.0 Å². The summed E-state index contributed by atoms with van der Waals surface area (Å²) in [6.45, 7) is 3.82. The number of carbonyl (C=O) groups excluding carboxylic acids is 1. The van der Waals surface area contributed by atoms with E-state index in [-0.39, 0.29) is 17.0 Å². The molecule has 1 aromatic carbocycles. The zero-order chi connectivity index (χ0) is 16.2. The molecule has 1 aliphatic heterocycles. The van der Waals surface area contributed by atoms with Gasteiger partial charge in [0.15, 0.2) is 0 Å². The fraction of sp³-hybridized carbons (Fsp3) is 0.500. The molecule has 0 spiro atoms. The molecule has 0 aliphatic carbocycles. The van der Waals surface area contributed by atoms with Crippen LogP contribution >= 0.6 is 0 Å². The summed E-state index contributed by atoms with van der Waals surface area (Å²) in [6.07, 6.45) is 1.94. The first-order valence-corrected chi connectivity index (χ1v) is 8.75. The summed E-state index contributed by atoms with van der Waals surface area (Å²) >= 11 is 0. The van der Waals surface area contributed by atoms with E-state index in [0.717, 1.165) is 12.8 Å². The molecular weight excluding hydrogens is 306 g/mol. The number of nitrogens with two attached hydrogens (primary N) is 1. The molecule has 1 heterocycles. The van der Waals surface area contributed by atoms with Crippen molar-refractivity contribution in [2.75, 3.05) is 25.0 Å². The van der Waals surface area contributed by atoms with E-state index in [2.05, 4.69) is 5.32 Å². The molecule has 3 N–H and O–H groups in total. The Kier molecular flexibility index (Phi) is 5.38. The average Bonchev–Trinajstić information content (AvgIpc) is 2.47. The Labute approximate surface area is 130 Å². The van der Waals surface area contributed by atoms with Crippen molar-refractivity contribution in [3.8, 4) is 0 Å². The zero-order valence-corrected chi connectivity index (χ0v) is 13.3. The molecule has 0 saturated carbocycles. The first-order chi connectivity index (χ1) is 10.4. The third-order valence-electron chi connectivity index (χ3n) is 3.50. The highest BCUT2D eigenvalue weighted by molar-refractivity contribution is 7.89. The van der Waals surface area contributed by atoms with E-state index in [4.69, 9.17) is 9.88 Å². The summed E-state index contributed by atoms with van der Waals surface area (Å²) in [6, 6.07) is 5.55. The van der Waals surface area contributed by atoms with Gasteiger partial charge in [-0.3, -0.25) is 0 Å². The number of rotatable bonds is 4. The number of primary sulfonamides is 1. The van der Waals surface area contributed by atoms with Crippen molar-refractivity contribution in [3.63, 3.8) is 0 Å². The molecule has 0 bridgehead atoms. The lowest BCUT2D eigenvalue weighted by molar-refractivity contribution is 0.0181. The second kappa shape index (κ2) is 7.08. The van der Waals surface area contributed by atoms with Gasteiger partial charge in [0.05, 0.1) is 11.0 Å². The van der Waals surface area contributed by atoms with Gasteiger partial charge in [0.2, 0.25) is 10.0 Å². The number of amides is 2. The molecule has 2 rings (SSSR count). The van der Waals surface area contributed by atoms with Crippen LogP contribution in [0.4, 0.5) is 10.5 Å². The van der Waals surface area contributed by atoms with Gasteiger partial charge >= 0.3 is 6.03 Å². The van der Waals surface area contributed by atoms with Gasteiger partial charge in [-0.1, -0.05) is 0 Å². The molecule has 1 fully saturated rings. The van der Waals surface area contributed by atoms with Crippen molar-refractivity contribution >= 4 is 21.7 Å². The van der Waals surface area contributed by atoms with Crippen molar-refractivity contribution in [1.82, 2.24) is 4.90 Å². The van der Waals surface area contributed by atoms with Crippen LogP contribution < -0.4 is 10.5 Å². The zero-order valence-electron chi connectivity index (χ0n) is 12.5. The highest BCUT2D eigenvalue weighted by Crippen LogP contribution is 2.16. The van der Waals surface area contributed by atoms with Crippen LogP contribution in [-0.2, 0) is 14.8 Å². The Morgan fingerprint density at radius 3 is 2.68 bits per heavy atom. The van der Waals surface area contributed by atoms with Crippen LogP contribution in [0.15, 0.2) is 29.2 Å². The first kappa shape index (κ1) is 16.7. The molecule has 1 aliphatic rings. The summed E-state index contributed by atoms with van der Waals surface area (Å²) < 4.78 is 27.9. The van der Waals surface area contributed by atoms with Crippen LogP contribution in [0.25, 0.3) is 0 Å². The third kappa shape index (κ3) is 4.43. The summed E-state index contributed by atoms with van der Waals surface area (Å²) in [7, 11) is -3.72. The molecule has 1 atom stereocenters. The van der Waals surface area contributed by atoms with Gasteiger partial charge in [-0.2, -0.15) is 0 Å². The van der Waals surface area contributed by atoms with Crippen LogP contribution in [0.5, 0.6) is 0 Å². The number of urea groups is 1. The maximum Gasteiger partial charge on any atom is 0.321 e. The second-order valence-electron chi connectivity index (χ2n) is 5.17. The van der Waals surface area contributed by atoms with Crippen molar-refractivity contribution in [2.24, 2.45) is 5.14 Å². The SMILES string of the molecule is CCOC1CCCN(C(=O)Nc2ccc(S(N)(=O)=O)cc2)C1. The Morgan fingerprint density at radius 2 is 2.09 bits per heavy atom. The average molecular weight is 327 g/mol. The molecule has 7 nitrogen and oxygen atoms in total. The Morgan fingerprint density at radius 1 is 1.41 bits per heavy atom. The smallest absolute Gasteiger partial charge is 0.321 e. The number of anilines is 1. The monoisotopic (exact) mass is 327 g/mol. The number of sulfonamides is 1. The van der Waals surface area contributed by atoms with E-state index in [1.807, 2.05) is 6.92 Å². The van der Waals surface area contributed by atoms with E-state index in [1.165, 1.54) is 24.3 Å². The molecule has 1 unspecified atom stereocenters. The fourth-order valence-electron chi connectivity index (χ4n) is 2.42. The predicted octanol–water partition coefficient (Wildman–Crippen LogP) is 1.37. The summed E-state index contributed by atoms with van der Waals surface area (Å²) in [5.74, 6) is 0. The Hall–Kier alpha value is -1.64. The van der Waals surface area contributed by atoms with Crippen molar-refractivity contribution in [2.45, 2.75) is 30.8 Å². The number of hydrogen-bond acceptors (Lipinski definition) is 4. The normalized spacial score (nSPS) is 19.0. The number of nitrogens with one attached hydrogen (secondary N) is 1. The minimum atomic E-state index is -3.72. The lowest BCUT2D eigenvalue weighted by atomic mass is 10.1. The number of ether oxygens (including phenoxy) is 1. The molecule has 1 saturated heterocycles. The summed E-state index contributed by atoms with van der Waals surface area (Å²) in [5, 5.41) is 7.78. The topological polar surface area (TPSA) is 102 Å². The van der Waals surface area contributed by atoms with E-state index in [0.29, 0.717) is 25.4 Å². The van der Waals surface area contributed by atoms with Gasteiger partial charge in [-0.05, 0) is 44.0 Å².